The minimum atomic E-state index is -2.73. The van der Waals surface area contributed by atoms with E-state index in [0.29, 0.717) is 41.2 Å². The summed E-state index contributed by atoms with van der Waals surface area (Å²) in [5, 5.41) is 27.3. The van der Waals surface area contributed by atoms with Gasteiger partial charge in [0.15, 0.2) is 0 Å². The van der Waals surface area contributed by atoms with Gasteiger partial charge in [0.1, 0.15) is 16.9 Å². The third-order valence-electron chi connectivity index (χ3n) is 5.56. The number of para-hydroxylation sites is 1. The van der Waals surface area contributed by atoms with Crippen LogP contribution in [0, 0.1) is 12.8 Å². The predicted molar refractivity (Wildman–Crippen MR) is 119 cm³/mol. The molecule has 3 aromatic rings. The number of methoxy groups -OCH3 is 1. The Morgan fingerprint density at radius 1 is 1.19 bits per heavy atom. The molecule has 0 amide bonds. The molecule has 0 spiro atoms. The number of aryl methyl sites for hydroxylation is 1. The number of fused-ring (bicyclic) bond motifs is 1. The molecule has 1 aromatic carbocycles. The fourth-order valence-corrected chi connectivity index (χ4v) is 4.96. The molecule has 2 aromatic heterocycles. The van der Waals surface area contributed by atoms with Gasteiger partial charge in [-0.05, 0) is 25.5 Å². The molecule has 4 rings (SSSR count). The lowest BCUT2D eigenvalue weighted by Crippen LogP contribution is -2.36. The smallest absolute Gasteiger partial charge is 0.244 e. The average molecular weight is 466 g/mol. The van der Waals surface area contributed by atoms with Crippen LogP contribution in [0.4, 0.5) is 20.5 Å². The average Bonchev–Trinajstić information content (AvgIpc) is 3.30. The molecule has 0 aliphatic heterocycles. The number of nitrogens with one attached hydrogen (secondary N) is 2. The Balaban J connectivity index is 1.72. The number of halogens is 2. The van der Waals surface area contributed by atoms with Crippen molar-refractivity contribution in [1.82, 2.24) is 15.0 Å². The number of aromatic nitrogens is 3. The lowest BCUT2D eigenvalue weighted by molar-refractivity contribution is -0.0333. The van der Waals surface area contributed by atoms with E-state index in [0.717, 1.165) is 10.2 Å². The number of anilines is 2. The van der Waals surface area contributed by atoms with Gasteiger partial charge in [0.2, 0.25) is 12.4 Å². The maximum Gasteiger partial charge on any atom is 0.244 e. The van der Waals surface area contributed by atoms with Gasteiger partial charge in [-0.15, -0.1) is 11.3 Å². The SMILES string of the molecule is COCCNc1nc(C)c(-c2nc3ccccc3s2)c(NC2C[C@H](C(F)F)[C@@H](O)[C@H]2O)n1. The topological polar surface area (TPSA) is 112 Å². The van der Waals surface area contributed by atoms with E-state index >= 15 is 0 Å². The summed E-state index contributed by atoms with van der Waals surface area (Å²) in [6, 6.07) is 6.90. The fraction of sp³-hybridized carbons (Fsp3) is 0.476. The second kappa shape index (κ2) is 9.57. The fourth-order valence-electron chi connectivity index (χ4n) is 3.89. The van der Waals surface area contributed by atoms with Crippen LogP contribution >= 0.6 is 11.3 Å². The van der Waals surface area contributed by atoms with Crippen molar-refractivity contribution < 1.29 is 23.7 Å². The molecular formula is C21H25F2N5O3S. The Labute approximate surface area is 187 Å². The van der Waals surface area contributed by atoms with Gasteiger partial charge in [0.25, 0.3) is 0 Å². The first kappa shape index (κ1) is 22.7. The van der Waals surface area contributed by atoms with E-state index in [9.17, 15) is 19.0 Å². The van der Waals surface area contributed by atoms with Crippen LogP contribution in [-0.4, -0.2) is 70.1 Å². The lowest BCUT2D eigenvalue weighted by Gasteiger charge is -2.21. The quantitative estimate of drug-likeness (QED) is 0.376. The number of thiazole rings is 1. The van der Waals surface area contributed by atoms with Gasteiger partial charge in [0.05, 0.1) is 46.1 Å². The van der Waals surface area contributed by atoms with Crippen molar-refractivity contribution in [2.24, 2.45) is 5.92 Å². The van der Waals surface area contributed by atoms with Crippen molar-refractivity contribution in [2.45, 2.75) is 38.0 Å². The number of aliphatic hydroxyl groups is 2. The van der Waals surface area contributed by atoms with Crippen LogP contribution in [0.25, 0.3) is 20.8 Å². The molecule has 172 valence electrons. The van der Waals surface area contributed by atoms with Crippen LogP contribution in [-0.2, 0) is 4.74 Å². The summed E-state index contributed by atoms with van der Waals surface area (Å²) in [5.74, 6) is -0.608. The number of nitrogens with zero attached hydrogens (tertiary/aromatic N) is 3. The van der Waals surface area contributed by atoms with E-state index in [1.165, 1.54) is 11.3 Å². The molecule has 1 aliphatic carbocycles. The van der Waals surface area contributed by atoms with Gasteiger partial charge in [-0.3, -0.25) is 0 Å². The number of aliphatic hydroxyl groups excluding tert-OH is 2. The minimum Gasteiger partial charge on any atom is -0.390 e. The van der Waals surface area contributed by atoms with Gasteiger partial charge in [-0.25, -0.2) is 18.7 Å². The van der Waals surface area contributed by atoms with Crippen LogP contribution in [0.2, 0.25) is 0 Å². The van der Waals surface area contributed by atoms with E-state index in [2.05, 4.69) is 25.6 Å². The molecule has 11 heteroatoms. The predicted octanol–water partition coefficient (Wildman–Crippen LogP) is 2.91. The number of ether oxygens (including phenoxy) is 1. The second-order valence-electron chi connectivity index (χ2n) is 7.73. The molecule has 1 aliphatic rings. The highest BCUT2D eigenvalue weighted by atomic mass is 32.1. The second-order valence-corrected chi connectivity index (χ2v) is 8.76. The van der Waals surface area contributed by atoms with Crippen LogP contribution in [0.1, 0.15) is 12.1 Å². The molecule has 0 bridgehead atoms. The minimum absolute atomic E-state index is 0.0885. The third kappa shape index (κ3) is 4.51. The van der Waals surface area contributed by atoms with Crippen molar-refractivity contribution >= 4 is 33.3 Å². The number of rotatable bonds is 8. The van der Waals surface area contributed by atoms with Gasteiger partial charge in [0, 0.05) is 13.7 Å². The van der Waals surface area contributed by atoms with Crippen molar-refractivity contribution in [3.05, 3.63) is 30.0 Å². The summed E-state index contributed by atoms with van der Waals surface area (Å²) in [6.45, 7) is 2.75. The van der Waals surface area contributed by atoms with Gasteiger partial charge in [-0.1, -0.05) is 12.1 Å². The Kier molecular flexibility index (Phi) is 6.79. The van der Waals surface area contributed by atoms with Gasteiger partial charge in [-0.2, -0.15) is 4.98 Å². The normalized spacial score (nSPS) is 23.2. The van der Waals surface area contributed by atoms with Crippen LogP contribution in [0.5, 0.6) is 0 Å². The monoisotopic (exact) mass is 465 g/mol. The maximum absolute atomic E-state index is 13.3. The molecule has 4 atom stereocenters. The summed E-state index contributed by atoms with van der Waals surface area (Å²) < 4.78 is 32.6. The van der Waals surface area contributed by atoms with Crippen LogP contribution < -0.4 is 10.6 Å². The lowest BCUT2D eigenvalue weighted by atomic mass is 10.1. The van der Waals surface area contributed by atoms with Crippen molar-refractivity contribution in [3.8, 4) is 10.6 Å². The summed E-state index contributed by atoms with van der Waals surface area (Å²) in [7, 11) is 1.59. The van der Waals surface area contributed by atoms with E-state index in [1.807, 2.05) is 31.2 Å². The zero-order chi connectivity index (χ0) is 22.8. The first-order valence-electron chi connectivity index (χ1n) is 10.3. The van der Waals surface area contributed by atoms with Gasteiger partial charge < -0.3 is 25.6 Å². The van der Waals surface area contributed by atoms with Crippen molar-refractivity contribution in [3.63, 3.8) is 0 Å². The van der Waals surface area contributed by atoms with E-state index in [-0.39, 0.29) is 6.42 Å². The number of benzene rings is 1. The molecule has 2 heterocycles. The van der Waals surface area contributed by atoms with Crippen LogP contribution in [0.15, 0.2) is 24.3 Å². The zero-order valence-electron chi connectivity index (χ0n) is 17.6. The molecule has 1 fully saturated rings. The summed E-state index contributed by atoms with van der Waals surface area (Å²) >= 11 is 1.47. The summed E-state index contributed by atoms with van der Waals surface area (Å²) in [4.78, 5) is 13.8. The zero-order valence-corrected chi connectivity index (χ0v) is 18.4. The Morgan fingerprint density at radius 3 is 2.66 bits per heavy atom. The maximum atomic E-state index is 13.3. The highest BCUT2D eigenvalue weighted by Gasteiger charge is 2.46. The molecular weight excluding hydrogens is 440 g/mol. The van der Waals surface area contributed by atoms with Crippen molar-refractivity contribution in [2.75, 3.05) is 30.9 Å². The molecule has 1 saturated carbocycles. The van der Waals surface area contributed by atoms with Crippen LogP contribution in [0.3, 0.4) is 0 Å². The van der Waals surface area contributed by atoms with Crippen molar-refractivity contribution in [1.29, 1.82) is 0 Å². The third-order valence-corrected chi connectivity index (χ3v) is 6.61. The molecule has 8 nitrogen and oxygen atoms in total. The number of hydrogen-bond acceptors (Lipinski definition) is 9. The standard InChI is InChI=1S/C21H25F2N5O3S/c1-10-15(20-27-12-5-3-4-6-14(12)32-20)19(28-21(25-10)24-7-8-31-2)26-13-9-11(18(22)23)16(29)17(13)30/h3-6,11,13,16-18,29-30H,7-9H2,1-2H3,(H2,24,25,26,28)/t11-,13?,16+,17-/m0/s1. The first-order valence-corrected chi connectivity index (χ1v) is 11.1. The number of alkyl halides is 2. The largest absolute Gasteiger partial charge is 0.390 e. The summed E-state index contributed by atoms with van der Waals surface area (Å²) in [6.07, 6.45) is -5.68. The Morgan fingerprint density at radius 2 is 1.97 bits per heavy atom. The molecule has 0 saturated heterocycles. The van der Waals surface area contributed by atoms with E-state index < -0.39 is 30.6 Å². The highest BCUT2D eigenvalue weighted by Crippen LogP contribution is 2.39. The van der Waals surface area contributed by atoms with Gasteiger partial charge >= 0.3 is 0 Å². The Hall–Kier alpha value is -2.47. The molecule has 0 radical (unpaired) electrons. The molecule has 1 unspecified atom stereocenters. The number of hydrogen-bond donors (Lipinski definition) is 4. The molecule has 4 N–H and O–H groups in total. The summed E-state index contributed by atoms with van der Waals surface area (Å²) in [5.41, 5.74) is 2.10. The first-order chi connectivity index (χ1) is 15.4. The molecule has 32 heavy (non-hydrogen) atoms. The van der Waals surface area contributed by atoms with E-state index in [4.69, 9.17) is 4.74 Å². The van der Waals surface area contributed by atoms with E-state index in [1.54, 1.807) is 7.11 Å². The Bertz CT molecular complexity index is 1050. The highest BCUT2D eigenvalue weighted by molar-refractivity contribution is 7.21.